The number of benzene rings is 1. The molecule has 0 amide bonds. The van der Waals surface area contributed by atoms with Crippen molar-refractivity contribution < 1.29 is 14.1 Å². The van der Waals surface area contributed by atoms with E-state index in [1.807, 2.05) is 6.92 Å². The van der Waals surface area contributed by atoms with Crippen molar-refractivity contribution in [3.63, 3.8) is 0 Å². The number of aromatic nitrogens is 3. The van der Waals surface area contributed by atoms with Gasteiger partial charge in [-0.3, -0.25) is 4.90 Å². The van der Waals surface area contributed by atoms with Crippen LogP contribution in [0.15, 0.2) is 22.7 Å². The van der Waals surface area contributed by atoms with Gasteiger partial charge in [-0.1, -0.05) is 28.9 Å². The van der Waals surface area contributed by atoms with Gasteiger partial charge in [0.05, 0.1) is 12.3 Å². The van der Waals surface area contributed by atoms with Crippen LogP contribution in [0.3, 0.4) is 0 Å². The van der Waals surface area contributed by atoms with Crippen LogP contribution >= 0.6 is 0 Å². The van der Waals surface area contributed by atoms with Gasteiger partial charge in [0.2, 0.25) is 5.82 Å². The Bertz CT molecular complexity index is 1100. The Morgan fingerprint density at radius 2 is 2.00 bits per heavy atom. The first kappa shape index (κ1) is 22.2. The van der Waals surface area contributed by atoms with Crippen LogP contribution < -0.4 is 5.32 Å². The number of hydrogen-bond acceptors (Lipinski definition) is 8. The quantitative estimate of drug-likeness (QED) is 0.554. The first-order valence-electron chi connectivity index (χ1n) is 11.3. The number of aryl methyl sites for hydroxylation is 3. The zero-order chi connectivity index (χ0) is 22.7. The fourth-order valence-electron chi connectivity index (χ4n) is 4.21. The lowest BCUT2D eigenvalue weighted by Gasteiger charge is -2.32. The molecule has 0 atom stereocenters. The number of carbonyl (C=O) groups is 1. The van der Waals surface area contributed by atoms with Crippen LogP contribution in [0.1, 0.15) is 52.8 Å². The lowest BCUT2D eigenvalue weighted by atomic mass is 9.95. The van der Waals surface area contributed by atoms with Crippen LogP contribution in [0, 0.1) is 26.7 Å². The largest absolute Gasteiger partial charge is 0.460 e. The summed E-state index contributed by atoms with van der Waals surface area (Å²) in [5.41, 5.74) is 5.08. The van der Waals surface area contributed by atoms with E-state index in [1.54, 1.807) is 6.92 Å². The molecule has 2 aromatic heterocycles. The number of carbonyl (C=O) groups excluding carboxylic acids is 1. The fourth-order valence-corrected chi connectivity index (χ4v) is 4.21. The maximum absolute atomic E-state index is 12.1. The van der Waals surface area contributed by atoms with E-state index in [9.17, 15) is 4.79 Å². The highest BCUT2D eigenvalue weighted by molar-refractivity contribution is 5.93. The molecule has 1 N–H and O–H groups in total. The minimum Gasteiger partial charge on any atom is -0.460 e. The number of anilines is 1. The van der Waals surface area contributed by atoms with E-state index in [0.717, 1.165) is 39.0 Å². The molecular weight excluding hydrogens is 406 g/mol. The maximum atomic E-state index is 12.1. The van der Waals surface area contributed by atoms with Gasteiger partial charge in [-0.15, -0.1) is 0 Å². The Labute approximate surface area is 188 Å². The molecule has 0 unspecified atom stereocenters. The summed E-state index contributed by atoms with van der Waals surface area (Å²) < 4.78 is 10.3. The SMILES string of the molecule is CCOC(=O)c1nc(NCC2CCN(Cc3cc(C)ccc3C)CC2)c2c(C)noc2n1. The predicted octanol–water partition coefficient (Wildman–Crippen LogP) is 4.04. The molecule has 170 valence electrons. The molecule has 0 spiro atoms. The van der Waals surface area contributed by atoms with Crippen LogP contribution in [-0.2, 0) is 11.3 Å². The van der Waals surface area contributed by atoms with Gasteiger partial charge in [-0.05, 0) is 70.7 Å². The van der Waals surface area contributed by atoms with Crippen molar-refractivity contribution in [1.82, 2.24) is 20.0 Å². The first-order valence-corrected chi connectivity index (χ1v) is 11.3. The number of fused-ring (bicyclic) bond motifs is 1. The molecular formula is C24H31N5O3. The second kappa shape index (κ2) is 9.65. The summed E-state index contributed by atoms with van der Waals surface area (Å²) in [5, 5.41) is 8.12. The van der Waals surface area contributed by atoms with Gasteiger partial charge in [0.15, 0.2) is 0 Å². The van der Waals surface area contributed by atoms with Gasteiger partial charge in [-0.2, -0.15) is 4.98 Å². The lowest BCUT2D eigenvalue weighted by Crippen LogP contribution is -2.35. The number of nitrogens with zero attached hydrogens (tertiary/aromatic N) is 4. The van der Waals surface area contributed by atoms with E-state index >= 15 is 0 Å². The highest BCUT2D eigenvalue weighted by Crippen LogP contribution is 2.26. The number of hydrogen-bond donors (Lipinski definition) is 1. The number of piperidine rings is 1. The number of likely N-dealkylation sites (tertiary alicyclic amines) is 1. The summed E-state index contributed by atoms with van der Waals surface area (Å²) >= 11 is 0. The van der Waals surface area contributed by atoms with Gasteiger partial charge in [0.25, 0.3) is 5.71 Å². The molecule has 1 saturated heterocycles. The minimum absolute atomic E-state index is 0.0126. The molecule has 1 aliphatic rings. The third kappa shape index (κ3) is 4.91. The highest BCUT2D eigenvalue weighted by Gasteiger charge is 2.23. The summed E-state index contributed by atoms with van der Waals surface area (Å²) in [7, 11) is 0. The molecule has 8 nitrogen and oxygen atoms in total. The number of ether oxygens (including phenoxy) is 1. The summed E-state index contributed by atoms with van der Waals surface area (Å²) in [6.07, 6.45) is 2.22. The van der Waals surface area contributed by atoms with Crippen LogP contribution in [0.4, 0.5) is 5.82 Å². The molecule has 32 heavy (non-hydrogen) atoms. The smallest absolute Gasteiger partial charge is 0.376 e. The van der Waals surface area contributed by atoms with Gasteiger partial charge >= 0.3 is 5.97 Å². The fraction of sp³-hybridized carbons (Fsp3) is 0.500. The van der Waals surface area contributed by atoms with E-state index in [4.69, 9.17) is 9.26 Å². The molecule has 1 aliphatic heterocycles. The topological polar surface area (TPSA) is 93.4 Å². The summed E-state index contributed by atoms with van der Waals surface area (Å²) in [6, 6.07) is 6.68. The molecule has 0 aliphatic carbocycles. The molecule has 3 heterocycles. The Kier molecular flexibility index (Phi) is 6.69. The van der Waals surface area contributed by atoms with E-state index in [1.165, 1.54) is 16.7 Å². The van der Waals surface area contributed by atoms with Crippen molar-refractivity contribution in [3.05, 3.63) is 46.4 Å². The molecule has 0 radical (unpaired) electrons. The summed E-state index contributed by atoms with van der Waals surface area (Å²) in [5.74, 6) is 0.531. The summed E-state index contributed by atoms with van der Waals surface area (Å²) in [4.78, 5) is 23.3. The second-order valence-corrected chi connectivity index (χ2v) is 8.59. The van der Waals surface area contributed by atoms with Crippen molar-refractivity contribution in [2.24, 2.45) is 5.92 Å². The van der Waals surface area contributed by atoms with E-state index < -0.39 is 5.97 Å². The van der Waals surface area contributed by atoms with E-state index in [2.05, 4.69) is 57.4 Å². The predicted molar refractivity (Wildman–Crippen MR) is 123 cm³/mol. The molecule has 1 aromatic carbocycles. The molecule has 1 fully saturated rings. The first-order chi connectivity index (χ1) is 15.4. The number of esters is 1. The van der Waals surface area contributed by atoms with Crippen LogP contribution in [0.25, 0.3) is 11.1 Å². The van der Waals surface area contributed by atoms with Crippen molar-refractivity contribution in [3.8, 4) is 0 Å². The van der Waals surface area contributed by atoms with Crippen LogP contribution in [-0.4, -0.2) is 52.2 Å². The highest BCUT2D eigenvalue weighted by atomic mass is 16.5. The molecule has 8 heteroatoms. The minimum atomic E-state index is -0.564. The third-order valence-corrected chi connectivity index (χ3v) is 6.13. The maximum Gasteiger partial charge on any atom is 0.376 e. The Balaban J connectivity index is 1.38. The van der Waals surface area contributed by atoms with Crippen molar-refractivity contribution >= 4 is 22.9 Å². The van der Waals surface area contributed by atoms with Crippen molar-refractivity contribution in [2.45, 2.75) is 47.1 Å². The standard InChI is InChI=1S/C24H31N5O3/c1-5-31-24(30)22-26-21(20-17(4)28-32-23(20)27-22)25-13-18-8-10-29(11-9-18)14-19-12-15(2)6-7-16(19)3/h6-7,12,18H,5,8-11,13-14H2,1-4H3,(H,25,26,27). The monoisotopic (exact) mass is 437 g/mol. The normalized spacial score (nSPS) is 15.2. The average Bonchev–Trinajstić information content (AvgIpc) is 3.16. The third-order valence-electron chi connectivity index (χ3n) is 6.13. The average molecular weight is 438 g/mol. The zero-order valence-electron chi connectivity index (χ0n) is 19.3. The number of rotatable bonds is 7. The molecule has 0 bridgehead atoms. The van der Waals surface area contributed by atoms with E-state index in [0.29, 0.717) is 28.5 Å². The van der Waals surface area contributed by atoms with Gasteiger partial charge in [0, 0.05) is 13.1 Å². The summed E-state index contributed by atoms with van der Waals surface area (Å²) in [6.45, 7) is 12.1. The van der Waals surface area contributed by atoms with Crippen LogP contribution in [0.5, 0.6) is 0 Å². The van der Waals surface area contributed by atoms with Crippen molar-refractivity contribution in [1.29, 1.82) is 0 Å². The van der Waals surface area contributed by atoms with E-state index in [-0.39, 0.29) is 12.4 Å². The lowest BCUT2D eigenvalue weighted by molar-refractivity contribution is 0.0512. The number of nitrogens with one attached hydrogen (secondary N) is 1. The van der Waals surface area contributed by atoms with Crippen molar-refractivity contribution in [2.75, 3.05) is 31.6 Å². The Hall–Kier alpha value is -3.00. The Morgan fingerprint density at radius 1 is 1.22 bits per heavy atom. The Morgan fingerprint density at radius 3 is 2.75 bits per heavy atom. The van der Waals surface area contributed by atoms with Gasteiger partial charge in [0.1, 0.15) is 11.2 Å². The molecule has 4 rings (SSSR count). The van der Waals surface area contributed by atoms with Gasteiger partial charge in [-0.25, -0.2) is 9.78 Å². The molecule has 3 aromatic rings. The van der Waals surface area contributed by atoms with Crippen LogP contribution in [0.2, 0.25) is 0 Å². The zero-order valence-corrected chi connectivity index (χ0v) is 19.3. The molecule has 0 saturated carbocycles. The second-order valence-electron chi connectivity index (χ2n) is 8.59. The van der Waals surface area contributed by atoms with Gasteiger partial charge < -0.3 is 14.6 Å².